The SMILES string of the molecule is O=C(CNc1ccccc1OC(F)F)Nc1ccc(F)cc1. The standard InChI is InChI=1S/C15H13F3N2O2/c16-10-5-7-11(8-6-10)20-14(21)9-19-12-3-1-2-4-13(12)22-15(17)18/h1-8,15,19H,9H2,(H,20,21). The Balaban J connectivity index is 1.92. The molecule has 2 N–H and O–H groups in total. The van der Waals surface area contributed by atoms with Crippen molar-refractivity contribution in [1.82, 2.24) is 0 Å². The van der Waals surface area contributed by atoms with Crippen LogP contribution in [0.4, 0.5) is 24.5 Å². The van der Waals surface area contributed by atoms with E-state index in [9.17, 15) is 18.0 Å². The van der Waals surface area contributed by atoms with E-state index in [1.165, 1.54) is 36.4 Å². The third kappa shape index (κ3) is 4.69. The number of halogens is 3. The predicted octanol–water partition coefficient (Wildman–Crippen LogP) is 3.48. The molecule has 2 aromatic carbocycles. The lowest BCUT2D eigenvalue weighted by atomic mass is 10.3. The molecule has 0 radical (unpaired) electrons. The molecule has 1 amide bonds. The molecule has 0 aromatic heterocycles. The Labute approximate surface area is 124 Å². The van der Waals surface area contributed by atoms with Crippen molar-refractivity contribution in [1.29, 1.82) is 0 Å². The Bertz CT molecular complexity index is 633. The first-order valence-corrected chi connectivity index (χ1v) is 6.38. The van der Waals surface area contributed by atoms with Gasteiger partial charge in [0.15, 0.2) is 0 Å². The van der Waals surface area contributed by atoms with Gasteiger partial charge in [-0.2, -0.15) is 8.78 Å². The summed E-state index contributed by atoms with van der Waals surface area (Å²) in [6.45, 7) is -3.10. The zero-order valence-electron chi connectivity index (χ0n) is 11.4. The summed E-state index contributed by atoms with van der Waals surface area (Å²) in [6.07, 6.45) is 0. The van der Waals surface area contributed by atoms with Gasteiger partial charge in [-0.05, 0) is 36.4 Å². The van der Waals surface area contributed by atoms with E-state index in [-0.39, 0.29) is 18.0 Å². The third-order valence-electron chi connectivity index (χ3n) is 2.67. The molecular weight excluding hydrogens is 297 g/mol. The van der Waals surface area contributed by atoms with Crippen LogP contribution in [0.2, 0.25) is 0 Å². The van der Waals surface area contributed by atoms with Gasteiger partial charge in [-0.1, -0.05) is 12.1 Å². The summed E-state index contributed by atoms with van der Waals surface area (Å²) in [5.74, 6) is -0.861. The maximum Gasteiger partial charge on any atom is 0.387 e. The summed E-state index contributed by atoms with van der Waals surface area (Å²) in [5, 5.41) is 5.25. The number of anilines is 2. The molecule has 22 heavy (non-hydrogen) atoms. The van der Waals surface area contributed by atoms with E-state index >= 15 is 0 Å². The van der Waals surface area contributed by atoms with E-state index in [0.717, 1.165) is 0 Å². The van der Waals surface area contributed by atoms with E-state index < -0.39 is 18.3 Å². The van der Waals surface area contributed by atoms with Gasteiger partial charge in [0.1, 0.15) is 11.6 Å². The predicted molar refractivity (Wildman–Crippen MR) is 76.6 cm³/mol. The fourth-order valence-electron chi connectivity index (χ4n) is 1.73. The molecule has 116 valence electrons. The van der Waals surface area contributed by atoms with E-state index in [4.69, 9.17) is 0 Å². The van der Waals surface area contributed by atoms with Crippen molar-refractivity contribution in [2.24, 2.45) is 0 Å². The van der Waals surface area contributed by atoms with Gasteiger partial charge >= 0.3 is 6.61 Å². The highest BCUT2D eigenvalue weighted by molar-refractivity contribution is 5.93. The van der Waals surface area contributed by atoms with Crippen LogP contribution in [0.15, 0.2) is 48.5 Å². The molecule has 0 bridgehead atoms. The molecule has 0 heterocycles. The quantitative estimate of drug-likeness (QED) is 0.859. The van der Waals surface area contributed by atoms with Crippen LogP contribution in [0.1, 0.15) is 0 Å². The second-order valence-electron chi connectivity index (χ2n) is 4.28. The minimum absolute atomic E-state index is 0.0490. The lowest BCUT2D eigenvalue weighted by molar-refractivity contribution is -0.114. The first-order chi connectivity index (χ1) is 10.5. The van der Waals surface area contributed by atoms with Crippen LogP contribution >= 0.6 is 0 Å². The van der Waals surface area contributed by atoms with Gasteiger partial charge in [0.25, 0.3) is 0 Å². The minimum Gasteiger partial charge on any atom is -0.433 e. The fourth-order valence-corrected chi connectivity index (χ4v) is 1.73. The highest BCUT2D eigenvalue weighted by Gasteiger charge is 2.10. The molecular formula is C15H13F3N2O2. The van der Waals surface area contributed by atoms with Crippen molar-refractivity contribution in [2.75, 3.05) is 17.2 Å². The number of nitrogens with one attached hydrogen (secondary N) is 2. The van der Waals surface area contributed by atoms with Crippen molar-refractivity contribution < 1.29 is 22.7 Å². The molecule has 4 nitrogen and oxygen atoms in total. The number of amides is 1. The molecule has 0 fully saturated rings. The molecule has 0 aliphatic rings. The van der Waals surface area contributed by atoms with Crippen LogP contribution in [-0.2, 0) is 4.79 Å². The molecule has 7 heteroatoms. The highest BCUT2D eigenvalue weighted by atomic mass is 19.3. The lowest BCUT2D eigenvalue weighted by Gasteiger charge is -2.12. The van der Waals surface area contributed by atoms with Crippen LogP contribution in [0.25, 0.3) is 0 Å². The maximum atomic E-state index is 12.7. The Kier molecular flexibility index (Phi) is 5.24. The molecule has 0 saturated carbocycles. The monoisotopic (exact) mass is 310 g/mol. The summed E-state index contributed by atoms with van der Waals surface area (Å²) < 4.78 is 41.6. The van der Waals surface area contributed by atoms with Crippen LogP contribution in [0.5, 0.6) is 5.75 Å². The first-order valence-electron chi connectivity index (χ1n) is 6.38. The van der Waals surface area contributed by atoms with Gasteiger partial charge in [0.2, 0.25) is 5.91 Å². The molecule has 2 aromatic rings. The minimum atomic E-state index is -2.95. The number of hydrogen-bond donors (Lipinski definition) is 2. The smallest absolute Gasteiger partial charge is 0.387 e. The van der Waals surface area contributed by atoms with Crippen LogP contribution in [-0.4, -0.2) is 19.1 Å². The average molecular weight is 310 g/mol. The molecule has 2 rings (SSSR count). The first kappa shape index (κ1) is 15.7. The fraction of sp³-hybridized carbons (Fsp3) is 0.133. The number of ether oxygens (including phenoxy) is 1. The van der Waals surface area contributed by atoms with Crippen molar-refractivity contribution in [3.8, 4) is 5.75 Å². The number of benzene rings is 2. The molecule has 0 spiro atoms. The Morgan fingerprint density at radius 3 is 2.45 bits per heavy atom. The van der Waals surface area contributed by atoms with E-state index in [1.54, 1.807) is 12.1 Å². The van der Waals surface area contributed by atoms with Gasteiger partial charge in [-0.15, -0.1) is 0 Å². The van der Waals surface area contributed by atoms with Gasteiger partial charge in [0.05, 0.1) is 12.2 Å². The second kappa shape index (κ2) is 7.35. The Hall–Kier alpha value is -2.70. The maximum absolute atomic E-state index is 12.7. The Morgan fingerprint density at radius 1 is 1.09 bits per heavy atom. The van der Waals surface area contributed by atoms with E-state index in [0.29, 0.717) is 5.69 Å². The number of carbonyl (C=O) groups is 1. The van der Waals surface area contributed by atoms with Gasteiger partial charge in [-0.25, -0.2) is 4.39 Å². The topological polar surface area (TPSA) is 50.4 Å². The van der Waals surface area contributed by atoms with Crippen LogP contribution in [0, 0.1) is 5.82 Å². The number of hydrogen-bond acceptors (Lipinski definition) is 3. The summed E-state index contributed by atoms with van der Waals surface area (Å²) in [7, 11) is 0. The van der Waals surface area contributed by atoms with Crippen LogP contribution < -0.4 is 15.4 Å². The normalized spacial score (nSPS) is 10.4. The third-order valence-corrected chi connectivity index (χ3v) is 2.67. The number of carbonyl (C=O) groups excluding carboxylic acids is 1. The average Bonchev–Trinajstić information content (AvgIpc) is 2.48. The van der Waals surface area contributed by atoms with Crippen molar-refractivity contribution in [2.45, 2.75) is 6.61 Å². The van der Waals surface area contributed by atoms with Gasteiger partial charge in [-0.3, -0.25) is 4.79 Å². The van der Waals surface area contributed by atoms with Crippen molar-refractivity contribution in [3.05, 3.63) is 54.3 Å². The number of para-hydroxylation sites is 2. The molecule has 0 aliphatic carbocycles. The van der Waals surface area contributed by atoms with Crippen LogP contribution in [0.3, 0.4) is 0 Å². The summed E-state index contributed by atoms with van der Waals surface area (Å²) in [4.78, 5) is 11.7. The number of alkyl halides is 2. The van der Waals surface area contributed by atoms with Crippen molar-refractivity contribution in [3.63, 3.8) is 0 Å². The summed E-state index contributed by atoms with van der Waals surface area (Å²) in [6, 6.07) is 11.3. The summed E-state index contributed by atoms with van der Waals surface area (Å²) in [5.41, 5.74) is 0.711. The Morgan fingerprint density at radius 2 is 1.77 bits per heavy atom. The summed E-state index contributed by atoms with van der Waals surface area (Å²) >= 11 is 0. The van der Waals surface area contributed by atoms with Crippen molar-refractivity contribution >= 4 is 17.3 Å². The molecule has 0 aliphatic heterocycles. The van der Waals surface area contributed by atoms with Gasteiger partial charge in [0, 0.05) is 5.69 Å². The zero-order chi connectivity index (χ0) is 15.9. The van der Waals surface area contributed by atoms with E-state index in [2.05, 4.69) is 15.4 Å². The molecule has 0 saturated heterocycles. The molecule has 0 atom stereocenters. The van der Waals surface area contributed by atoms with Gasteiger partial charge < -0.3 is 15.4 Å². The lowest BCUT2D eigenvalue weighted by Crippen LogP contribution is -2.22. The zero-order valence-corrected chi connectivity index (χ0v) is 11.4. The largest absolute Gasteiger partial charge is 0.433 e. The van der Waals surface area contributed by atoms with E-state index in [1.807, 2.05) is 0 Å². The highest BCUT2D eigenvalue weighted by Crippen LogP contribution is 2.25. The number of rotatable bonds is 6. The second-order valence-corrected chi connectivity index (χ2v) is 4.28. The molecule has 0 unspecified atom stereocenters.